The van der Waals surface area contributed by atoms with Crippen LogP contribution in [0.2, 0.25) is 0 Å². The molecule has 6 heteroatoms. The number of nitrogens with zero attached hydrogens (tertiary/aromatic N) is 2. The molecule has 0 spiro atoms. The van der Waals surface area contributed by atoms with Crippen molar-refractivity contribution in [1.29, 1.82) is 0 Å². The van der Waals surface area contributed by atoms with E-state index in [-0.39, 0.29) is 5.91 Å². The lowest BCUT2D eigenvalue weighted by Gasteiger charge is -2.26. The van der Waals surface area contributed by atoms with E-state index >= 15 is 0 Å². The molecule has 0 saturated carbocycles. The SMILES string of the molecule is O=C(/C=C/c1nc2ccccc2s1)NCCN1CCOCC1. The molecule has 1 fully saturated rings. The van der Waals surface area contributed by atoms with Gasteiger partial charge in [0.05, 0.1) is 23.4 Å². The Kier molecular flexibility index (Phi) is 5.15. The Hall–Kier alpha value is -1.76. The fourth-order valence-corrected chi connectivity index (χ4v) is 3.20. The van der Waals surface area contributed by atoms with Crippen LogP contribution in [-0.4, -0.2) is 55.2 Å². The largest absolute Gasteiger partial charge is 0.379 e. The zero-order valence-electron chi connectivity index (χ0n) is 12.3. The van der Waals surface area contributed by atoms with Crippen molar-refractivity contribution in [3.8, 4) is 0 Å². The molecule has 1 aliphatic rings. The lowest BCUT2D eigenvalue weighted by atomic mass is 10.3. The molecule has 1 aliphatic heterocycles. The van der Waals surface area contributed by atoms with Crippen molar-refractivity contribution in [3.63, 3.8) is 0 Å². The molecule has 0 unspecified atom stereocenters. The van der Waals surface area contributed by atoms with Crippen LogP contribution < -0.4 is 5.32 Å². The van der Waals surface area contributed by atoms with Gasteiger partial charge in [-0.2, -0.15) is 0 Å². The van der Waals surface area contributed by atoms with Gasteiger partial charge in [-0.1, -0.05) is 12.1 Å². The number of hydrogen-bond acceptors (Lipinski definition) is 5. The van der Waals surface area contributed by atoms with E-state index < -0.39 is 0 Å². The first-order chi connectivity index (χ1) is 10.8. The standard InChI is InChI=1S/C16H19N3O2S/c20-15(17-7-8-19-9-11-21-12-10-19)5-6-16-18-13-3-1-2-4-14(13)22-16/h1-6H,7-12H2,(H,17,20)/b6-5+. The van der Waals surface area contributed by atoms with Crippen molar-refractivity contribution >= 4 is 33.5 Å². The maximum atomic E-state index is 11.8. The van der Waals surface area contributed by atoms with Gasteiger partial charge in [0.25, 0.3) is 0 Å². The number of amides is 1. The van der Waals surface area contributed by atoms with Crippen LogP contribution in [0.5, 0.6) is 0 Å². The number of aromatic nitrogens is 1. The van der Waals surface area contributed by atoms with Gasteiger partial charge in [-0.25, -0.2) is 4.98 Å². The van der Waals surface area contributed by atoms with E-state index in [4.69, 9.17) is 4.74 Å². The molecule has 0 bridgehead atoms. The summed E-state index contributed by atoms with van der Waals surface area (Å²) in [5.41, 5.74) is 0.972. The highest BCUT2D eigenvalue weighted by Gasteiger charge is 2.09. The molecule has 1 aromatic carbocycles. The number of rotatable bonds is 5. The van der Waals surface area contributed by atoms with E-state index in [9.17, 15) is 4.79 Å². The highest BCUT2D eigenvalue weighted by Crippen LogP contribution is 2.22. The van der Waals surface area contributed by atoms with Gasteiger partial charge in [-0.05, 0) is 18.2 Å². The molecule has 1 amide bonds. The Morgan fingerprint density at radius 1 is 1.36 bits per heavy atom. The van der Waals surface area contributed by atoms with Gasteiger partial charge in [-0.15, -0.1) is 11.3 Å². The van der Waals surface area contributed by atoms with Gasteiger partial charge in [0, 0.05) is 32.3 Å². The Morgan fingerprint density at radius 2 is 2.18 bits per heavy atom. The van der Waals surface area contributed by atoms with Crippen LogP contribution in [0.15, 0.2) is 30.3 Å². The minimum absolute atomic E-state index is 0.0764. The molecule has 3 rings (SSSR count). The van der Waals surface area contributed by atoms with Crippen LogP contribution in [-0.2, 0) is 9.53 Å². The minimum Gasteiger partial charge on any atom is -0.379 e. The number of hydrogen-bond donors (Lipinski definition) is 1. The van der Waals surface area contributed by atoms with Crippen molar-refractivity contribution < 1.29 is 9.53 Å². The van der Waals surface area contributed by atoms with Crippen LogP contribution >= 0.6 is 11.3 Å². The van der Waals surface area contributed by atoms with Crippen molar-refractivity contribution in [2.45, 2.75) is 0 Å². The van der Waals surface area contributed by atoms with Crippen LogP contribution in [0, 0.1) is 0 Å². The molecule has 2 heterocycles. The summed E-state index contributed by atoms with van der Waals surface area (Å²) in [5, 5.41) is 3.75. The Labute approximate surface area is 133 Å². The first-order valence-electron chi connectivity index (χ1n) is 7.43. The summed E-state index contributed by atoms with van der Waals surface area (Å²) in [6, 6.07) is 7.97. The molecule has 5 nitrogen and oxygen atoms in total. The van der Waals surface area contributed by atoms with E-state index in [1.165, 1.54) is 0 Å². The van der Waals surface area contributed by atoms with Crippen molar-refractivity contribution in [2.75, 3.05) is 39.4 Å². The molecular formula is C16H19N3O2S. The second kappa shape index (κ2) is 7.49. The van der Waals surface area contributed by atoms with E-state index in [0.717, 1.165) is 48.1 Å². The minimum atomic E-state index is -0.0764. The monoisotopic (exact) mass is 317 g/mol. The predicted molar refractivity (Wildman–Crippen MR) is 88.9 cm³/mol. The lowest BCUT2D eigenvalue weighted by Crippen LogP contribution is -2.41. The third kappa shape index (κ3) is 4.13. The maximum absolute atomic E-state index is 11.8. The number of carbonyl (C=O) groups excluding carboxylic acids is 1. The summed E-state index contributed by atoms with van der Waals surface area (Å²) in [7, 11) is 0. The van der Waals surface area contributed by atoms with E-state index in [1.54, 1.807) is 23.5 Å². The number of morpholine rings is 1. The molecule has 116 valence electrons. The normalized spacial score (nSPS) is 16.4. The smallest absolute Gasteiger partial charge is 0.244 e. The molecule has 2 aromatic rings. The zero-order valence-corrected chi connectivity index (χ0v) is 13.1. The van der Waals surface area contributed by atoms with Crippen LogP contribution in [0.1, 0.15) is 5.01 Å². The molecule has 1 N–H and O–H groups in total. The number of fused-ring (bicyclic) bond motifs is 1. The van der Waals surface area contributed by atoms with E-state index in [1.807, 2.05) is 24.3 Å². The van der Waals surface area contributed by atoms with Gasteiger partial charge in [0.1, 0.15) is 5.01 Å². The van der Waals surface area contributed by atoms with Crippen LogP contribution in [0.3, 0.4) is 0 Å². The lowest BCUT2D eigenvalue weighted by molar-refractivity contribution is -0.116. The van der Waals surface area contributed by atoms with Gasteiger partial charge in [0.2, 0.25) is 5.91 Å². The highest BCUT2D eigenvalue weighted by molar-refractivity contribution is 7.19. The van der Waals surface area contributed by atoms with Gasteiger partial charge in [-0.3, -0.25) is 9.69 Å². The number of nitrogens with one attached hydrogen (secondary N) is 1. The summed E-state index contributed by atoms with van der Waals surface area (Å²) < 4.78 is 6.43. The number of benzene rings is 1. The summed E-state index contributed by atoms with van der Waals surface area (Å²) in [4.78, 5) is 18.6. The summed E-state index contributed by atoms with van der Waals surface area (Å²) in [6.45, 7) is 4.97. The summed E-state index contributed by atoms with van der Waals surface area (Å²) in [6.07, 6.45) is 3.33. The number of ether oxygens (including phenoxy) is 1. The molecule has 0 aliphatic carbocycles. The average Bonchev–Trinajstić information content (AvgIpc) is 2.97. The van der Waals surface area contributed by atoms with Crippen molar-refractivity contribution in [2.24, 2.45) is 0 Å². The molecule has 1 aromatic heterocycles. The highest BCUT2D eigenvalue weighted by atomic mass is 32.1. The molecule has 1 saturated heterocycles. The topological polar surface area (TPSA) is 54.5 Å². The number of para-hydroxylation sites is 1. The van der Waals surface area contributed by atoms with Gasteiger partial charge in [0.15, 0.2) is 0 Å². The Bertz CT molecular complexity index is 629. The molecular weight excluding hydrogens is 298 g/mol. The Morgan fingerprint density at radius 3 is 3.00 bits per heavy atom. The zero-order chi connectivity index (χ0) is 15.2. The van der Waals surface area contributed by atoms with E-state index in [2.05, 4.69) is 15.2 Å². The quantitative estimate of drug-likeness (QED) is 0.854. The summed E-state index contributed by atoms with van der Waals surface area (Å²) in [5.74, 6) is -0.0764. The summed E-state index contributed by atoms with van der Waals surface area (Å²) >= 11 is 1.59. The molecule has 22 heavy (non-hydrogen) atoms. The van der Waals surface area contributed by atoms with Crippen LogP contribution in [0.25, 0.3) is 16.3 Å². The average molecular weight is 317 g/mol. The van der Waals surface area contributed by atoms with Crippen LogP contribution in [0.4, 0.5) is 0 Å². The second-order valence-electron chi connectivity index (χ2n) is 5.10. The third-order valence-corrected chi connectivity index (χ3v) is 4.52. The molecule has 0 atom stereocenters. The first kappa shape index (κ1) is 15.1. The van der Waals surface area contributed by atoms with E-state index in [0.29, 0.717) is 6.54 Å². The maximum Gasteiger partial charge on any atom is 0.244 e. The Balaban J connectivity index is 1.46. The predicted octanol–water partition coefficient (Wildman–Crippen LogP) is 1.76. The third-order valence-electron chi connectivity index (χ3n) is 3.52. The first-order valence-corrected chi connectivity index (χ1v) is 8.24. The van der Waals surface area contributed by atoms with Gasteiger partial charge >= 0.3 is 0 Å². The van der Waals surface area contributed by atoms with Gasteiger partial charge < -0.3 is 10.1 Å². The number of thiazole rings is 1. The second-order valence-corrected chi connectivity index (χ2v) is 6.16. The van der Waals surface area contributed by atoms with Crippen molar-refractivity contribution in [3.05, 3.63) is 35.3 Å². The molecule has 0 radical (unpaired) electrons. The fraction of sp³-hybridized carbons (Fsp3) is 0.375. The van der Waals surface area contributed by atoms with Crippen molar-refractivity contribution in [1.82, 2.24) is 15.2 Å². The fourth-order valence-electron chi connectivity index (χ4n) is 2.33. The number of carbonyl (C=O) groups is 1.